The van der Waals surface area contributed by atoms with E-state index in [4.69, 9.17) is 9.52 Å². The maximum atomic E-state index is 8.73. The Kier molecular flexibility index (Phi) is 2.12. The van der Waals surface area contributed by atoms with E-state index in [1.54, 1.807) is 6.26 Å². The third-order valence-electron chi connectivity index (χ3n) is 1.77. The van der Waals surface area contributed by atoms with Crippen molar-refractivity contribution >= 4 is 0 Å². The summed E-state index contributed by atoms with van der Waals surface area (Å²) in [6, 6.07) is 0. The summed E-state index contributed by atoms with van der Waals surface area (Å²) in [6.45, 7) is 4.04. The van der Waals surface area contributed by atoms with Crippen LogP contribution in [0, 0.1) is 6.92 Å². The van der Waals surface area contributed by atoms with Gasteiger partial charge in [-0.1, -0.05) is 6.92 Å². The van der Waals surface area contributed by atoms with E-state index in [1.165, 1.54) is 5.56 Å². The van der Waals surface area contributed by atoms with Gasteiger partial charge in [-0.15, -0.1) is 0 Å². The summed E-state index contributed by atoms with van der Waals surface area (Å²) >= 11 is 0. The Morgan fingerprint density at radius 3 is 2.60 bits per heavy atom. The minimum absolute atomic E-state index is 0.00579. The number of hydrogen-bond acceptors (Lipinski definition) is 2. The van der Waals surface area contributed by atoms with Crippen molar-refractivity contribution in [3.8, 4) is 0 Å². The van der Waals surface area contributed by atoms with Crippen LogP contribution in [0.2, 0.25) is 0 Å². The second-order valence-electron chi connectivity index (χ2n) is 2.32. The molecule has 1 aromatic heterocycles. The largest absolute Gasteiger partial charge is 0.466 e. The molecule has 1 heterocycles. The van der Waals surface area contributed by atoms with E-state index in [0.29, 0.717) is 5.76 Å². The van der Waals surface area contributed by atoms with E-state index >= 15 is 0 Å². The molecule has 0 spiro atoms. The van der Waals surface area contributed by atoms with Crippen LogP contribution in [0.4, 0.5) is 0 Å². The highest BCUT2D eigenvalue weighted by atomic mass is 16.4. The Hall–Kier alpha value is -0.760. The molecule has 0 aromatic carbocycles. The first-order valence-corrected chi connectivity index (χ1v) is 3.46. The van der Waals surface area contributed by atoms with Gasteiger partial charge in [-0.3, -0.25) is 0 Å². The Morgan fingerprint density at radius 1 is 1.60 bits per heavy atom. The fourth-order valence-electron chi connectivity index (χ4n) is 1.00. The van der Waals surface area contributed by atoms with E-state index < -0.39 is 0 Å². The summed E-state index contributed by atoms with van der Waals surface area (Å²) < 4.78 is 5.09. The quantitative estimate of drug-likeness (QED) is 0.677. The van der Waals surface area contributed by atoms with Crippen LogP contribution < -0.4 is 0 Å². The molecule has 0 saturated carbocycles. The van der Waals surface area contributed by atoms with Crippen LogP contribution in [0.25, 0.3) is 0 Å². The van der Waals surface area contributed by atoms with E-state index in [-0.39, 0.29) is 6.61 Å². The van der Waals surface area contributed by atoms with Crippen LogP contribution in [0.5, 0.6) is 0 Å². The number of rotatable bonds is 2. The van der Waals surface area contributed by atoms with Crippen molar-refractivity contribution in [2.75, 3.05) is 0 Å². The topological polar surface area (TPSA) is 33.4 Å². The molecular formula is C8H12O2. The Balaban J connectivity index is 2.97. The van der Waals surface area contributed by atoms with Crippen molar-refractivity contribution in [3.63, 3.8) is 0 Å². The molecule has 0 atom stereocenters. The van der Waals surface area contributed by atoms with E-state index in [2.05, 4.69) is 6.92 Å². The molecule has 0 bridgehead atoms. The zero-order valence-electron chi connectivity index (χ0n) is 6.35. The molecule has 0 aliphatic rings. The number of furan rings is 1. The Bertz CT molecular complexity index is 192. The lowest BCUT2D eigenvalue weighted by Gasteiger charge is -1.91. The van der Waals surface area contributed by atoms with Crippen molar-refractivity contribution < 1.29 is 9.52 Å². The molecule has 2 nitrogen and oxygen atoms in total. The summed E-state index contributed by atoms with van der Waals surface area (Å²) in [6.07, 6.45) is 2.68. The third kappa shape index (κ3) is 1.07. The maximum Gasteiger partial charge on any atom is 0.132 e. The van der Waals surface area contributed by atoms with Crippen molar-refractivity contribution in [2.45, 2.75) is 26.9 Å². The van der Waals surface area contributed by atoms with Crippen molar-refractivity contribution in [1.29, 1.82) is 0 Å². The molecular weight excluding hydrogens is 128 g/mol. The molecule has 0 amide bonds. The van der Waals surface area contributed by atoms with Gasteiger partial charge in [0.25, 0.3) is 0 Å². The van der Waals surface area contributed by atoms with Gasteiger partial charge < -0.3 is 9.52 Å². The number of aliphatic hydroxyl groups excluding tert-OH is 1. The van der Waals surface area contributed by atoms with Crippen LogP contribution >= 0.6 is 0 Å². The molecule has 2 heteroatoms. The van der Waals surface area contributed by atoms with Gasteiger partial charge in [0, 0.05) is 0 Å². The fourth-order valence-corrected chi connectivity index (χ4v) is 1.00. The minimum Gasteiger partial charge on any atom is -0.466 e. The van der Waals surface area contributed by atoms with Crippen LogP contribution in [-0.4, -0.2) is 5.11 Å². The maximum absolute atomic E-state index is 8.73. The first-order chi connectivity index (χ1) is 4.79. The SMILES string of the molecule is CCc1coc(CO)c1C. The molecule has 1 N–H and O–H groups in total. The van der Waals surface area contributed by atoms with Crippen molar-refractivity contribution in [1.82, 2.24) is 0 Å². The molecule has 0 unspecified atom stereocenters. The average molecular weight is 140 g/mol. The highest BCUT2D eigenvalue weighted by molar-refractivity contribution is 5.25. The molecule has 10 heavy (non-hydrogen) atoms. The van der Waals surface area contributed by atoms with Crippen LogP contribution in [0.15, 0.2) is 10.7 Å². The van der Waals surface area contributed by atoms with Gasteiger partial charge in [0.15, 0.2) is 0 Å². The monoisotopic (exact) mass is 140 g/mol. The smallest absolute Gasteiger partial charge is 0.132 e. The van der Waals surface area contributed by atoms with Gasteiger partial charge in [-0.2, -0.15) is 0 Å². The molecule has 1 aromatic rings. The standard InChI is InChI=1S/C8H12O2/c1-3-7-5-10-8(4-9)6(7)2/h5,9H,3-4H2,1-2H3. The van der Waals surface area contributed by atoms with Crippen molar-refractivity contribution in [3.05, 3.63) is 23.2 Å². The third-order valence-corrected chi connectivity index (χ3v) is 1.77. The lowest BCUT2D eigenvalue weighted by atomic mass is 10.1. The first kappa shape index (κ1) is 7.35. The number of aliphatic hydroxyl groups is 1. The molecule has 0 aliphatic carbocycles. The zero-order chi connectivity index (χ0) is 7.56. The molecule has 0 radical (unpaired) electrons. The molecule has 1 rings (SSSR count). The van der Waals surface area contributed by atoms with Gasteiger partial charge >= 0.3 is 0 Å². The Labute approximate surface area is 60.5 Å². The van der Waals surface area contributed by atoms with Crippen LogP contribution in [0.1, 0.15) is 23.8 Å². The zero-order valence-corrected chi connectivity index (χ0v) is 6.35. The molecule has 0 saturated heterocycles. The molecule has 0 fully saturated rings. The number of aryl methyl sites for hydroxylation is 1. The Morgan fingerprint density at radius 2 is 2.30 bits per heavy atom. The van der Waals surface area contributed by atoms with Crippen LogP contribution in [0.3, 0.4) is 0 Å². The lowest BCUT2D eigenvalue weighted by molar-refractivity contribution is 0.246. The van der Waals surface area contributed by atoms with Crippen LogP contribution in [-0.2, 0) is 13.0 Å². The highest BCUT2D eigenvalue weighted by Crippen LogP contribution is 2.15. The van der Waals surface area contributed by atoms with Gasteiger partial charge in [0.1, 0.15) is 12.4 Å². The second-order valence-corrected chi connectivity index (χ2v) is 2.32. The van der Waals surface area contributed by atoms with Gasteiger partial charge in [0.2, 0.25) is 0 Å². The van der Waals surface area contributed by atoms with Gasteiger partial charge in [-0.05, 0) is 24.5 Å². The summed E-state index contributed by atoms with van der Waals surface area (Å²) in [4.78, 5) is 0. The summed E-state index contributed by atoms with van der Waals surface area (Å²) in [5.41, 5.74) is 2.27. The predicted molar refractivity (Wildman–Crippen MR) is 38.7 cm³/mol. The summed E-state index contributed by atoms with van der Waals surface area (Å²) in [5.74, 6) is 0.692. The highest BCUT2D eigenvalue weighted by Gasteiger charge is 2.05. The minimum atomic E-state index is 0.00579. The predicted octanol–water partition coefficient (Wildman–Crippen LogP) is 1.64. The van der Waals surface area contributed by atoms with E-state index in [1.807, 2.05) is 6.92 Å². The second kappa shape index (κ2) is 2.88. The number of hydrogen-bond donors (Lipinski definition) is 1. The van der Waals surface area contributed by atoms with Crippen molar-refractivity contribution in [2.24, 2.45) is 0 Å². The molecule has 56 valence electrons. The summed E-state index contributed by atoms with van der Waals surface area (Å²) in [7, 11) is 0. The average Bonchev–Trinajstić information content (AvgIpc) is 2.30. The van der Waals surface area contributed by atoms with Gasteiger partial charge in [-0.25, -0.2) is 0 Å². The van der Waals surface area contributed by atoms with E-state index in [0.717, 1.165) is 12.0 Å². The first-order valence-electron chi connectivity index (χ1n) is 3.46. The summed E-state index contributed by atoms with van der Waals surface area (Å²) in [5, 5.41) is 8.73. The molecule has 0 aliphatic heterocycles. The fraction of sp³-hybridized carbons (Fsp3) is 0.500. The van der Waals surface area contributed by atoms with Gasteiger partial charge in [0.05, 0.1) is 6.26 Å². The normalized spacial score (nSPS) is 10.3. The lowest BCUT2D eigenvalue weighted by Crippen LogP contribution is -1.84. The van der Waals surface area contributed by atoms with E-state index in [9.17, 15) is 0 Å².